The van der Waals surface area contributed by atoms with Gasteiger partial charge in [-0.15, -0.1) is 0 Å². The Morgan fingerprint density at radius 1 is 1.38 bits per heavy atom. The smallest absolute Gasteiger partial charge is 0.213 e. The summed E-state index contributed by atoms with van der Waals surface area (Å²) in [5.74, 6) is -0.529. The van der Waals surface area contributed by atoms with Gasteiger partial charge in [-0.3, -0.25) is 4.99 Å². The van der Waals surface area contributed by atoms with Crippen LogP contribution in [0.1, 0.15) is 43.4 Å². The third-order valence-corrected chi connectivity index (χ3v) is 3.87. The molecule has 1 aliphatic rings. The molecule has 3 N–H and O–H groups in total. The Balaban J connectivity index is 2.24. The van der Waals surface area contributed by atoms with Crippen LogP contribution < -0.4 is 11.1 Å². The third-order valence-electron chi connectivity index (χ3n) is 3.87. The van der Waals surface area contributed by atoms with Gasteiger partial charge in [0.15, 0.2) is 0 Å². The number of nitrogens with zero attached hydrogens (tertiary/aromatic N) is 2. The normalized spacial score (nSPS) is 17.9. The molecule has 0 aromatic carbocycles. The van der Waals surface area contributed by atoms with Crippen molar-refractivity contribution in [2.75, 3.05) is 7.05 Å². The lowest BCUT2D eigenvalue weighted by molar-refractivity contribution is 0.444. The van der Waals surface area contributed by atoms with Gasteiger partial charge in [-0.05, 0) is 31.4 Å². The van der Waals surface area contributed by atoms with Crippen molar-refractivity contribution in [1.82, 2.24) is 10.3 Å². The van der Waals surface area contributed by atoms with Gasteiger partial charge in [0.1, 0.15) is 0 Å². The monoisotopic (exact) mass is 290 g/mol. The first-order valence-electron chi connectivity index (χ1n) is 7.46. The van der Waals surface area contributed by atoms with Crippen molar-refractivity contribution in [1.29, 1.82) is 0 Å². The Labute approximate surface area is 125 Å². The number of pyridine rings is 1. The quantitative estimate of drug-likeness (QED) is 0.662. The minimum atomic E-state index is -0.529. The van der Waals surface area contributed by atoms with Gasteiger partial charge in [-0.1, -0.05) is 25.3 Å². The van der Waals surface area contributed by atoms with E-state index in [-0.39, 0.29) is 0 Å². The summed E-state index contributed by atoms with van der Waals surface area (Å²) in [5.41, 5.74) is 8.55. The Morgan fingerprint density at radius 3 is 2.76 bits per heavy atom. The number of hydrogen-bond acceptors (Lipinski definition) is 4. The van der Waals surface area contributed by atoms with Crippen LogP contribution in [-0.2, 0) is 0 Å². The van der Waals surface area contributed by atoms with Crippen LogP contribution in [0, 0.1) is 12.9 Å². The van der Waals surface area contributed by atoms with E-state index in [9.17, 15) is 4.39 Å². The molecule has 5 heteroatoms. The van der Waals surface area contributed by atoms with E-state index in [1.807, 2.05) is 6.92 Å². The van der Waals surface area contributed by atoms with Crippen molar-refractivity contribution in [2.45, 2.75) is 45.1 Å². The molecule has 0 aliphatic heterocycles. The number of nitrogens with one attached hydrogen (secondary N) is 1. The van der Waals surface area contributed by atoms with Crippen molar-refractivity contribution < 1.29 is 4.39 Å². The van der Waals surface area contributed by atoms with Crippen LogP contribution in [0.2, 0.25) is 0 Å². The fourth-order valence-corrected chi connectivity index (χ4v) is 2.58. The van der Waals surface area contributed by atoms with Gasteiger partial charge in [0.05, 0.1) is 23.1 Å². The number of rotatable bonds is 4. The van der Waals surface area contributed by atoms with Crippen molar-refractivity contribution in [3.8, 4) is 0 Å². The van der Waals surface area contributed by atoms with Crippen LogP contribution in [0.3, 0.4) is 0 Å². The summed E-state index contributed by atoms with van der Waals surface area (Å²) < 4.78 is 13.3. The largest absolute Gasteiger partial charge is 0.395 e. The topological polar surface area (TPSA) is 63.3 Å². The van der Waals surface area contributed by atoms with Crippen LogP contribution in [0.5, 0.6) is 0 Å². The van der Waals surface area contributed by atoms with Crippen molar-refractivity contribution >= 4 is 11.9 Å². The van der Waals surface area contributed by atoms with Gasteiger partial charge in [0.2, 0.25) is 5.95 Å². The summed E-state index contributed by atoms with van der Waals surface area (Å²) >= 11 is 0. The van der Waals surface area contributed by atoms with Crippen molar-refractivity contribution in [2.24, 2.45) is 10.7 Å². The number of nitrogens with two attached hydrogens (primary N) is 1. The van der Waals surface area contributed by atoms with E-state index < -0.39 is 5.95 Å². The second kappa shape index (κ2) is 7.20. The Morgan fingerprint density at radius 2 is 2.10 bits per heavy atom. The van der Waals surface area contributed by atoms with Gasteiger partial charge >= 0.3 is 0 Å². The second-order valence-electron chi connectivity index (χ2n) is 5.45. The van der Waals surface area contributed by atoms with Gasteiger partial charge in [0.25, 0.3) is 0 Å². The van der Waals surface area contributed by atoms with E-state index in [4.69, 9.17) is 5.73 Å². The average Bonchev–Trinajstić information content (AvgIpc) is 2.51. The summed E-state index contributed by atoms with van der Waals surface area (Å²) in [7, 11) is 1.78. The van der Waals surface area contributed by atoms with Crippen LogP contribution in [0.4, 0.5) is 4.39 Å². The fraction of sp³-hybridized carbons (Fsp3) is 0.500. The van der Waals surface area contributed by atoms with E-state index in [0.29, 0.717) is 23.1 Å². The van der Waals surface area contributed by atoms with Gasteiger partial charge in [-0.25, -0.2) is 4.98 Å². The minimum absolute atomic E-state index is 0.372. The van der Waals surface area contributed by atoms with Crippen molar-refractivity contribution in [3.05, 3.63) is 35.0 Å². The molecule has 114 valence electrons. The first-order chi connectivity index (χ1) is 10.1. The van der Waals surface area contributed by atoms with Crippen molar-refractivity contribution in [3.63, 3.8) is 0 Å². The predicted octanol–water partition coefficient (Wildman–Crippen LogP) is 2.78. The summed E-state index contributed by atoms with van der Waals surface area (Å²) in [6.07, 6.45) is 7.79. The van der Waals surface area contributed by atoms with Gasteiger partial charge in [-0.2, -0.15) is 4.39 Å². The number of halogens is 1. The van der Waals surface area contributed by atoms with Gasteiger partial charge in [0, 0.05) is 13.3 Å². The molecule has 2 rings (SSSR count). The summed E-state index contributed by atoms with van der Waals surface area (Å²) in [6.45, 7) is 1.86. The maximum atomic E-state index is 13.3. The summed E-state index contributed by atoms with van der Waals surface area (Å²) in [6, 6.07) is 3.38. The molecule has 0 amide bonds. The van der Waals surface area contributed by atoms with E-state index in [1.54, 1.807) is 19.3 Å². The zero-order valence-corrected chi connectivity index (χ0v) is 12.7. The molecular weight excluding hydrogens is 267 g/mol. The molecular formula is C16H23FN4. The Hall–Kier alpha value is -1.91. The fourth-order valence-electron chi connectivity index (χ4n) is 2.58. The highest BCUT2D eigenvalue weighted by molar-refractivity contribution is 5.89. The Bertz CT molecular complexity index is 545. The average molecular weight is 290 g/mol. The highest BCUT2D eigenvalue weighted by Gasteiger charge is 2.12. The lowest BCUT2D eigenvalue weighted by Gasteiger charge is -2.17. The van der Waals surface area contributed by atoms with Gasteiger partial charge < -0.3 is 11.1 Å². The molecule has 1 aliphatic carbocycles. The van der Waals surface area contributed by atoms with E-state index in [2.05, 4.69) is 15.3 Å². The summed E-state index contributed by atoms with van der Waals surface area (Å²) in [4.78, 5) is 8.49. The maximum Gasteiger partial charge on any atom is 0.213 e. The van der Waals surface area contributed by atoms with Crippen LogP contribution >= 0.6 is 0 Å². The molecule has 1 heterocycles. The molecule has 0 spiro atoms. The molecule has 1 aromatic rings. The molecule has 1 aromatic heterocycles. The van der Waals surface area contributed by atoms with Crippen LogP contribution in [0.15, 0.2) is 22.8 Å². The minimum Gasteiger partial charge on any atom is -0.395 e. The predicted molar refractivity (Wildman–Crippen MR) is 84.5 cm³/mol. The standard InChI is InChI=1S/C16H23FN4/c1-11-8-9-14(17)21-16(11)15(18)13(19-2)10-20-12-6-4-3-5-7-12/h8-10,12,19H,3-7,18H2,1-2H3/b15-13+,20-10?. The lowest BCUT2D eigenvalue weighted by Crippen LogP contribution is -2.18. The number of allylic oxidation sites excluding steroid dienone is 1. The molecule has 4 nitrogen and oxygen atoms in total. The number of aryl methyl sites for hydroxylation is 1. The highest BCUT2D eigenvalue weighted by Crippen LogP contribution is 2.20. The van der Waals surface area contributed by atoms with E-state index >= 15 is 0 Å². The molecule has 0 unspecified atom stereocenters. The van der Waals surface area contributed by atoms with Crippen LogP contribution in [-0.4, -0.2) is 24.3 Å². The van der Waals surface area contributed by atoms with Crippen LogP contribution in [0.25, 0.3) is 5.70 Å². The number of hydrogen-bond donors (Lipinski definition) is 2. The molecule has 21 heavy (non-hydrogen) atoms. The second-order valence-corrected chi connectivity index (χ2v) is 5.45. The number of aromatic nitrogens is 1. The maximum absolute atomic E-state index is 13.3. The molecule has 0 atom stereocenters. The summed E-state index contributed by atoms with van der Waals surface area (Å²) in [5, 5.41) is 3.03. The molecule has 0 saturated heterocycles. The SMILES string of the molecule is CN/C(C=NC1CCCCC1)=C(/N)c1nc(F)ccc1C. The first-order valence-corrected chi connectivity index (χ1v) is 7.46. The lowest BCUT2D eigenvalue weighted by atomic mass is 9.96. The zero-order chi connectivity index (χ0) is 15.2. The highest BCUT2D eigenvalue weighted by atomic mass is 19.1. The number of aliphatic imine (C=N–C) groups is 1. The molecule has 0 bridgehead atoms. The Kier molecular flexibility index (Phi) is 5.31. The zero-order valence-electron chi connectivity index (χ0n) is 12.7. The molecule has 1 saturated carbocycles. The third kappa shape index (κ3) is 4.03. The first kappa shape index (κ1) is 15.5. The van der Waals surface area contributed by atoms with E-state index in [1.165, 1.54) is 25.3 Å². The van der Waals surface area contributed by atoms with E-state index in [0.717, 1.165) is 18.4 Å². The molecule has 1 fully saturated rings. The molecule has 0 radical (unpaired) electrons.